The van der Waals surface area contributed by atoms with Crippen molar-refractivity contribution >= 4 is 33.8 Å². The Morgan fingerprint density at radius 3 is 2.92 bits per heavy atom. The summed E-state index contributed by atoms with van der Waals surface area (Å²) in [4.78, 5) is 16.1. The number of aromatic nitrogens is 2. The van der Waals surface area contributed by atoms with E-state index in [0.29, 0.717) is 5.13 Å². The van der Waals surface area contributed by atoms with Gasteiger partial charge in [0, 0.05) is 17.8 Å². The van der Waals surface area contributed by atoms with Crippen LogP contribution in [0.5, 0.6) is 0 Å². The third kappa shape index (κ3) is 3.50. The molecule has 2 aromatic heterocycles. The van der Waals surface area contributed by atoms with Gasteiger partial charge in [-0.15, -0.1) is 21.5 Å². The molecule has 5 nitrogen and oxygen atoms in total. The molecule has 0 radical (unpaired) electrons. The second-order valence-electron chi connectivity index (χ2n) is 6.26. The van der Waals surface area contributed by atoms with Crippen molar-refractivity contribution in [2.45, 2.75) is 32.2 Å². The van der Waals surface area contributed by atoms with Crippen molar-refractivity contribution in [1.29, 1.82) is 0 Å². The summed E-state index contributed by atoms with van der Waals surface area (Å²) in [5.41, 5.74) is 2.48. The van der Waals surface area contributed by atoms with Gasteiger partial charge in [0.15, 0.2) is 0 Å². The molecule has 1 atom stereocenters. The van der Waals surface area contributed by atoms with Gasteiger partial charge in [-0.05, 0) is 35.4 Å². The number of rotatable bonds is 4. The van der Waals surface area contributed by atoms with Crippen molar-refractivity contribution in [3.05, 3.63) is 62.8 Å². The molecule has 26 heavy (non-hydrogen) atoms. The maximum Gasteiger partial charge on any atom is 0.324 e. The smallest absolute Gasteiger partial charge is 0.317 e. The summed E-state index contributed by atoms with van der Waals surface area (Å²) in [5, 5.41) is 14.9. The van der Waals surface area contributed by atoms with Gasteiger partial charge in [-0.2, -0.15) is 0 Å². The van der Waals surface area contributed by atoms with Gasteiger partial charge in [-0.25, -0.2) is 4.79 Å². The van der Waals surface area contributed by atoms with Gasteiger partial charge < -0.3 is 4.90 Å². The Bertz CT molecular complexity index is 890. The zero-order valence-corrected chi connectivity index (χ0v) is 16.1. The molecule has 1 N–H and O–H groups in total. The monoisotopic (exact) mass is 384 g/mol. The molecule has 1 unspecified atom stereocenters. The fraction of sp³-hybridized carbons (Fsp3) is 0.316. The summed E-state index contributed by atoms with van der Waals surface area (Å²) >= 11 is 3.23. The maximum absolute atomic E-state index is 12.8. The van der Waals surface area contributed by atoms with Crippen molar-refractivity contribution in [2.75, 3.05) is 11.9 Å². The normalized spacial score (nSPS) is 16.3. The third-order valence-electron chi connectivity index (χ3n) is 4.62. The minimum Gasteiger partial charge on any atom is -0.317 e. The van der Waals surface area contributed by atoms with Crippen LogP contribution >= 0.6 is 22.7 Å². The van der Waals surface area contributed by atoms with E-state index >= 15 is 0 Å². The van der Waals surface area contributed by atoms with E-state index in [9.17, 15) is 4.79 Å². The average Bonchev–Trinajstić information content (AvgIpc) is 3.30. The van der Waals surface area contributed by atoms with Crippen LogP contribution in [0.2, 0.25) is 0 Å². The highest BCUT2D eigenvalue weighted by Crippen LogP contribution is 2.35. The van der Waals surface area contributed by atoms with Crippen molar-refractivity contribution in [3.63, 3.8) is 0 Å². The first-order valence-electron chi connectivity index (χ1n) is 8.74. The molecule has 1 aliphatic heterocycles. The summed E-state index contributed by atoms with van der Waals surface area (Å²) < 4.78 is 0. The minimum atomic E-state index is -0.0869. The summed E-state index contributed by atoms with van der Waals surface area (Å²) in [6.45, 7) is 2.87. The highest BCUT2D eigenvalue weighted by Gasteiger charge is 2.30. The van der Waals surface area contributed by atoms with E-state index in [2.05, 4.69) is 46.0 Å². The predicted molar refractivity (Wildman–Crippen MR) is 106 cm³/mol. The van der Waals surface area contributed by atoms with Crippen LogP contribution < -0.4 is 5.32 Å². The largest absolute Gasteiger partial charge is 0.324 e. The standard InChI is InChI=1S/C19H20N4OS2/c1-2-15-14-9-11-25-16(14)8-10-23(15)19(24)20-18-22-21-17(26-18)12-13-6-4-3-5-7-13/h3-7,9,11,15H,2,8,10,12H2,1H3,(H,20,22,24). The van der Waals surface area contributed by atoms with E-state index in [4.69, 9.17) is 0 Å². The average molecular weight is 385 g/mol. The molecule has 0 saturated carbocycles. The van der Waals surface area contributed by atoms with Crippen LogP contribution in [0, 0.1) is 0 Å². The lowest BCUT2D eigenvalue weighted by Gasteiger charge is -2.35. The molecule has 1 aliphatic rings. The van der Waals surface area contributed by atoms with Crippen molar-refractivity contribution < 1.29 is 4.79 Å². The molecule has 0 aliphatic carbocycles. The quantitative estimate of drug-likeness (QED) is 0.707. The van der Waals surface area contributed by atoms with Crippen molar-refractivity contribution in [3.8, 4) is 0 Å². The molecule has 0 bridgehead atoms. The Morgan fingerprint density at radius 2 is 2.12 bits per heavy atom. The first kappa shape index (κ1) is 17.2. The van der Waals surface area contributed by atoms with Gasteiger partial charge in [0.05, 0.1) is 6.04 Å². The zero-order chi connectivity index (χ0) is 17.9. The van der Waals surface area contributed by atoms with Gasteiger partial charge in [0.1, 0.15) is 5.01 Å². The number of hydrogen-bond acceptors (Lipinski definition) is 5. The number of carbonyl (C=O) groups is 1. The third-order valence-corrected chi connectivity index (χ3v) is 6.46. The molecule has 3 aromatic rings. The first-order chi connectivity index (χ1) is 12.7. The number of benzene rings is 1. The van der Waals surface area contributed by atoms with Crippen LogP contribution in [0.25, 0.3) is 0 Å². The summed E-state index contributed by atoms with van der Waals surface area (Å²) in [5.74, 6) is 0. The van der Waals surface area contributed by atoms with Gasteiger partial charge >= 0.3 is 6.03 Å². The molecule has 7 heteroatoms. The fourth-order valence-corrected chi connectivity index (χ4v) is 5.08. The predicted octanol–water partition coefficient (Wildman–Crippen LogP) is 4.73. The van der Waals surface area contributed by atoms with Crippen LogP contribution in [0.4, 0.5) is 9.93 Å². The Kier molecular flexibility index (Phi) is 4.99. The van der Waals surface area contributed by atoms with E-state index in [1.54, 1.807) is 11.3 Å². The number of amides is 2. The summed E-state index contributed by atoms with van der Waals surface area (Å²) in [6, 6.07) is 12.4. The Hall–Kier alpha value is -2.25. The number of carbonyl (C=O) groups excluding carboxylic acids is 1. The molecule has 2 amide bonds. The number of fused-ring (bicyclic) bond motifs is 1. The number of anilines is 1. The molecule has 3 heterocycles. The van der Waals surface area contributed by atoms with Crippen LogP contribution in [0.3, 0.4) is 0 Å². The first-order valence-corrected chi connectivity index (χ1v) is 10.4. The molecule has 4 rings (SSSR count). The molecule has 0 saturated heterocycles. The van der Waals surface area contributed by atoms with Crippen molar-refractivity contribution in [2.24, 2.45) is 0 Å². The number of hydrogen-bond donors (Lipinski definition) is 1. The van der Waals surface area contributed by atoms with Gasteiger partial charge in [0.2, 0.25) is 5.13 Å². The molecule has 0 spiro atoms. The van der Waals surface area contributed by atoms with Crippen LogP contribution in [0.1, 0.15) is 40.4 Å². The summed E-state index contributed by atoms with van der Waals surface area (Å²) in [6.07, 6.45) is 2.56. The Labute approximate surface area is 160 Å². The van der Waals surface area contributed by atoms with E-state index in [0.717, 1.165) is 30.8 Å². The van der Waals surface area contributed by atoms with E-state index < -0.39 is 0 Å². The maximum atomic E-state index is 12.8. The molecule has 1 aromatic carbocycles. The Morgan fingerprint density at radius 1 is 1.27 bits per heavy atom. The molecular weight excluding hydrogens is 364 g/mol. The summed E-state index contributed by atoms with van der Waals surface area (Å²) in [7, 11) is 0. The van der Waals surface area contributed by atoms with Gasteiger partial charge in [0.25, 0.3) is 0 Å². The van der Waals surface area contributed by atoms with Gasteiger partial charge in [-0.1, -0.05) is 48.6 Å². The second kappa shape index (κ2) is 7.55. The number of thiophene rings is 1. The van der Waals surface area contributed by atoms with Crippen LogP contribution in [0.15, 0.2) is 41.8 Å². The lowest BCUT2D eigenvalue weighted by Crippen LogP contribution is -2.41. The number of nitrogens with one attached hydrogen (secondary N) is 1. The number of urea groups is 1. The lowest BCUT2D eigenvalue weighted by molar-refractivity contribution is 0.181. The van der Waals surface area contributed by atoms with Crippen LogP contribution in [-0.4, -0.2) is 27.7 Å². The number of nitrogens with zero attached hydrogens (tertiary/aromatic N) is 3. The van der Waals surface area contributed by atoms with E-state index in [1.165, 1.54) is 27.3 Å². The molecule has 0 fully saturated rings. The highest BCUT2D eigenvalue weighted by atomic mass is 32.1. The highest BCUT2D eigenvalue weighted by molar-refractivity contribution is 7.15. The minimum absolute atomic E-state index is 0.0869. The fourth-order valence-electron chi connectivity index (χ4n) is 3.39. The Balaban J connectivity index is 1.44. The molecular formula is C19H20N4OS2. The lowest BCUT2D eigenvalue weighted by atomic mass is 9.98. The second-order valence-corrected chi connectivity index (χ2v) is 8.32. The molecule has 134 valence electrons. The zero-order valence-electron chi connectivity index (χ0n) is 14.5. The van der Waals surface area contributed by atoms with Crippen LogP contribution in [-0.2, 0) is 12.8 Å². The van der Waals surface area contributed by atoms with Crippen molar-refractivity contribution in [1.82, 2.24) is 15.1 Å². The SMILES string of the molecule is CCC1c2ccsc2CCN1C(=O)Nc1nnc(Cc2ccccc2)s1. The van der Waals surface area contributed by atoms with E-state index in [1.807, 2.05) is 23.1 Å². The topological polar surface area (TPSA) is 58.1 Å². The van der Waals surface area contributed by atoms with Gasteiger partial charge in [-0.3, -0.25) is 5.32 Å². The van der Waals surface area contributed by atoms with E-state index in [-0.39, 0.29) is 12.1 Å².